The second-order valence-corrected chi connectivity index (χ2v) is 11.2. The normalized spacial score (nSPS) is 17.3. The number of carbonyl (C=O) groups is 2. The molecule has 1 aromatic carbocycles. The number of Topliss-reactive ketones (excluding diaryl/α,β-unsaturated/α-hetero) is 1. The number of carbonyl (C=O) groups excluding carboxylic acids is 2. The summed E-state index contributed by atoms with van der Waals surface area (Å²) >= 11 is 0.837. The van der Waals surface area contributed by atoms with E-state index < -0.39 is 28.2 Å². The van der Waals surface area contributed by atoms with Crippen LogP contribution in [-0.4, -0.2) is 31.2 Å². The van der Waals surface area contributed by atoms with E-state index in [2.05, 4.69) is 14.7 Å². The molecule has 0 bridgehead atoms. The minimum absolute atomic E-state index is 0.00264. The van der Waals surface area contributed by atoms with Gasteiger partial charge in [0.1, 0.15) is 14.8 Å². The highest BCUT2D eigenvalue weighted by atomic mass is 32.2. The molecule has 0 saturated heterocycles. The molecular formula is C20H24N4O5S2. The minimum Gasteiger partial charge on any atom is -0.390 e. The first-order valence-electron chi connectivity index (χ1n) is 9.91. The van der Waals surface area contributed by atoms with Gasteiger partial charge in [-0.05, 0) is 56.2 Å². The van der Waals surface area contributed by atoms with Crippen molar-refractivity contribution in [2.45, 2.75) is 62.4 Å². The Morgan fingerprint density at radius 3 is 2.74 bits per heavy atom. The highest BCUT2D eigenvalue weighted by Gasteiger charge is 2.31. The molecule has 2 aliphatic rings. The summed E-state index contributed by atoms with van der Waals surface area (Å²) in [5.41, 5.74) is 2.55. The van der Waals surface area contributed by atoms with Crippen molar-refractivity contribution in [3.63, 3.8) is 0 Å². The Balaban J connectivity index is 1.72. The average Bonchev–Trinajstić information content (AvgIpc) is 3.38. The van der Waals surface area contributed by atoms with Gasteiger partial charge in [-0.1, -0.05) is 6.07 Å². The molecule has 0 aliphatic heterocycles. The predicted molar refractivity (Wildman–Crippen MR) is 116 cm³/mol. The van der Waals surface area contributed by atoms with Crippen molar-refractivity contribution in [3.05, 3.63) is 39.0 Å². The molecule has 2 aliphatic carbocycles. The lowest BCUT2D eigenvalue weighted by molar-refractivity contribution is 0.0778. The van der Waals surface area contributed by atoms with Crippen molar-refractivity contribution < 1.29 is 24.0 Å². The van der Waals surface area contributed by atoms with Crippen LogP contribution in [0.25, 0.3) is 0 Å². The maximum Gasteiger partial charge on any atom is 0.354 e. The highest BCUT2D eigenvalue weighted by Crippen LogP contribution is 2.39. The van der Waals surface area contributed by atoms with Crippen LogP contribution in [0.4, 0.5) is 10.5 Å². The van der Waals surface area contributed by atoms with E-state index in [0.29, 0.717) is 24.1 Å². The van der Waals surface area contributed by atoms with E-state index in [1.54, 1.807) is 0 Å². The van der Waals surface area contributed by atoms with Gasteiger partial charge in [-0.25, -0.2) is 19.1 Å². The third-order valence-corrected chi connectivity index (χ3v) is 8.81. The molecule has 0 fully saturated rings. The smallest absolute Gasteiger partial charge is 0.354 e. The fraction of sp³-hybridized carbons (Fsp3) is 0.450. The molecule has 2 aromatic rings. The highest BCUT2D eigenvalue weighted by molar-refractivity contribution is 7.93. The zero-order valence-corrected chi connectivity index (χ0v) is 18.9. The first-order valence-corrected chi connectivity index (χ1v) is 12.3. The van der Waals surface area contributed by atoms with Gasteiger partial charge in [0, 0.05) is 12.0 Å². The fourth-order valence-corrected chi connectivity index (χ4v) is 6.51. The number of benzene rings is 1. The van der Waals surface area contributed by atoms with Gasteiger partial charge in [0.15, 0.2) is 15.7 Å². The topological polar surface area (TPSA) is 155 Å². The van der Waals surface area contributed by atoms with Crippen LogP contribution >= 0.6 is 11.3 Å². The summed E-state index contributed by atoms with van der Waals surface area (Å²) in [6, 6.07) is 1.11. The van der Waals surface area contributed by atoms with Crippen LogP contribution in [0.3, 0.4) is 0 Å². The summed E-state index contributed by atoms with van der Waals surface area (Å²) in [7, 11) is -3.74. The molecule has 5 N–H and O–H groups in total. The Hall–Kier alpha value is -2.18. The lowest BCUT2D eigenvalue weighted by atomic mass is 9.98. The van der Waals surface area contributed by atoms with Gasteiger partial charge < -0.3 is 15.5 Å². The number of urea groups is 1. The summed E-state index contributed by atoms with van der Waals surface area (Å²) in [5.74, 6) is -0.0340. The van der Waals surface area contributed by atoms with Crippen molar-refractivity contribution in [1.82, 2.24) is 4.98 Å². The second kappa shape index (κ2) is 7.75. The van der Waals surface area contributed by atoms with Crippen LogP contribution in [0.5, 0.6) is 0 Å². The predicted octanol–water partition coefficient (Wildman–Crippen LogP) is 2.41. The summed E-state index contributed by atoms with van der Waals surface area (Å²) < 4.78 is 16.7. The lowest BCUT2D eigenvalue weighted by Gasteiger charge is -2.14. The van der Waals surface area contributed by atoms with E-state index in [1.165, 1.54) is 13.8 Å². The summed E-state index contributed by atoms with van der Waals surface area (Å²) in [6.45, 7) is 2.42. The zero-order chi connectivity index (χ0) is 22.6. The number of hydrogen-bond acceptors (Lipinski definition) is 7. The Kier molecular flexibility index (Phi) is 5.51. The van der Waals surface area contributed by atoms with Crippen LogP contribution in [0.1, 0.15) is 64.4 Å². The van der Waals surface area contributed by atoms with Gasteiger partial charge in [-0.2, -0.15) is 0 Å². The molecule has 1 unspecified atom stereocenters. The number of nitrogens with zero attached hydrogens (tertiary/aromatic N) is 2. The van der Waals surface area contributed by atoms with E-state index in [-0.39, 0.29) is 20.7 Å². The van der Waals surface area contributed by atoms with E-state index >= 15 is 0 Å². The van der Waals surface area contributed by atoms with E-state index in [0.717, 1.165) is 47.3 Å². The van der Waals surface area contributed by atoms with Gasteiger partial charge in [0.05, 0.1) is 18.0 Å². The molecule has 0 radical (unpaired) electrons. The minimum atomic E-state index is -3.74. The number of amides is 2. The molecule has 166 valence electrons. The first kappa shape index (κ1) is 22.0. The number of nitrogens with two attached hydrogens (primary N) is 1. The van der Waals surface area contributed by atoms with Crippen LogP contribution in [0.15, 0.2) is 14.6 Å². The third kappa shape index (κ3) is 4.03. The van der Waals surface area contributed by atoms with Gasteiger partial charge in [-0.15, -0.1) is 15.7 Å². The fourth-order valence-electron chi connectivity index (χ4n) is 4.05. The Morgan fingerprint density at radius 2 is 2.06 bits per heavy atom. The maximum atomic E-state index is 13.1. The molecule has 11 heteroatoms. The zero-order valence-electron chi connectivity index (χ0n) is 17.2. The quantitative estimate of drug-likeness (QED) is 0.545. The average molecular weight is 465 g/mol. The Labute approximate surface area is 184 Å². The number of ketones is 1. The van der Waals surface area contributed by atoms with Crippen molar-refractivity contribution in [2.75, 3.05) is 5.32 Å². The molecule has 1 atom stereocenters. The number of rotatable bonds is 4. The number of fused-ring (bicyclic) bond motifs is 2. The largest absolute Gasteiger partial charge is 0.390 e. The monoisotopic (exact) mass is 464 g/mol. The number of aliphatic hydroxyl groups excluding tert-OH is 1. The van der Waals surface area contributed by atoms with Crippen LogP contribution in [-0.2, 0) is 41.4 Å². The number of thiazole rings is 1. The molecule has 4 rings (SSSR count). The van der Waals surface area contributed by atoms with Crippen LogP contribution < -0.4 is 10.5 Å². The number of aliphatic hydroxyl groups is 2. The molecule has 1 aromatic heterocycles. The van der Waals surface area contributed by atoms with Gasteiger partial charge in [-0.3, -0.25) is 4.79 Å². The first-order chi connectivity index (χ1) is 14.5. The van der Waals surface area contributed by atoms with Gasteiger partial charge in [0.2, 0.25) is 0 Å². The van der Waals surface area contributed by atoms with Crippen LogP contribution in [0, 0.1) is 0 Å². The van der Waals surface area contributed by atoms with Gasteiger partial charge in [0.25, 0.3) is 0 Å². The summed E-state index contributed by atoms with van der Waals surface area (Å²) in [6.07, 6.45) is 3.58. The number of aromatic nitrogens is 1. The molecule has 0 saturated carbocycles. The number of hydrogen-bond donors (Lipinski definition) is 4. The molecule has 9 nitrogen and oxygen atoms in total. The van der Waals surface area contributed by atoms with Gasteiger partial charge >= 0.3 is 6.03 Å². The standard InChI is InChI=1S/C20H24N4O5S2/c1-20(2,28)18-22-13(9-25)17(30-18)31(21,29)24-19(27)23-16-12-5-3-4-10(12)8-11-6-7-14(26)15(11)16/h8,25,28H,3-7,9H2,1-2H3,(H3,21,23,24,27,29). The van der Waals surface area contributed by atoms with E-state index in [1.807, 2.05) is 6.07 Å². The van der Waals surface area contributed by atoms with E-state index in [4.69, 9.17) is 5.14 Å². The summed E-state index contributed by atoms with van der Waals surface area (Å²) in [4.78, 5) is 29.3. The molecule has 0 spiro atoms. The number of anilines is 1. The molecule has 1 heterocycles. The lowest BCUT2D eigenvalue weighted by Crippen LogP contribution is -2.19. The number of aryl methyl sites for hydroxylation is 2. The molecular weight excluding hydrogens is 440 g/mol. The Bertz CT molecular complexity index is 1220. The van der Waals surface area contributed by atoms with Crippen LogP contribution in [0.2, 0.25) is 0 Å². The van der Waals surface area contributed by atoms with Crippen molar-refractivity contribution >= 4 is 38.8 Å². The van der Waals surface area contributed by atoms with E-state index in [9.17, 15) is 24.0 Å². The molecule has 2 amide bonds. The van der Waals surface area contributed by atoms with Crippen molar-refractivity contribution in [3.8, 4) is 0 Å². The molecule has 31 heavy (non-hydrogen) atoms. The number of nitrogens with one attached hydrogen (secondary N) is 1. The maximum absolute atomic E-state index is 13.1. The third-order valence-electron chi connectivity index (χ3n) is 5.43. The Morgan fingerprint density at radius 1 is 1.32 bits per heavy atom. The van der Waals surface area contributed by atoms with Crippen molar-refractivity contribution in [2.24, 2.45) is 9.50 Å². The summed E-state index contributed by atoms with van der Waals surface area (Å²) in [5, 5.41) is 28.5. The van der Waals surface area contributed by atoms with Crippen molar-refractivity contribution in [1.29, 1.82) is 0 Å². The second-order valence-electron chi connectivity index (χ2n) is 8.26. The SMILES string of the molecule is CC(C)(O)c1nc(CO)c(S(N)(=O)=NC(=O)Nc2c3c(cc4c2C(=O)CC4)CCC3)s1.